The normalized spacial score (nSPS) is 12.3. The Hall–Kier alpha value is -1.78. The maximum atomic E-state index is 9.41. The molecular weight excluding hydrogens is 238 g/mol. The molecule has 0 aliphatic carbocycles. The van der Waals surface area contributed by atoms with Crippen molar-refractivity contribution in [3.63, 3.8) is 0 Å². The van der Waals surface area contributed by atoms with Crippen LogP contribution in [0.3, 0.4) is 0 Å². The van der Waals surface area contributed by atoms with Gasteiger partial charge in [0, 0.05) is 44.0 Å². The molecule has 0 radical (unpaired) electrons. The molecule has 0 aromatic carbocycles. The molecule has 0 amide bonds. The van der Waals surface area contributed by atoms with Gasteiger partial charge in [-0.2, -0.15) is 0 Å². The van der Waals surface area contributed by atoms with Crippen LogP contribution in [0.5, 0.6) is 0 Å². The molecule has 0 fully saturated rings. The summed E-state index contributed by atoms with van der Waals surface area (Å²) in [4.78, 5) is 8.27. The number of hydrogen-bond donors (Lipinski definition) is 2. The first-order chi connectivity index (χ1) is 9.38. The molecular formula is C15H19N3O. The second-order valence-electron chi connectivity index (χ2n) is 4.56. The second-order valence-corrected chi connectivity index (χ2v) is 4.56. The third-order valence-corrected chi connectivity index (χ3v) is 2.99. The number of nitrogens with one attached hydrogen (secondary N) is 1. The number of pyridine rings is 2. The van der Waals surface area contributed by atoms with Gasteiger partial charge >= 0.3 is 0 Å². The zero-order valence-corrected chi connectivity index (χ0v) is 10.9. The van der Waals surface area contributed by atoms with E-state index in [4.69, 9.17) is 0 Å². The van der Waals surface area contributed by atoms with Crippen molar-refractivity contribution >= 4 is 0 Å². The quantitative estimate of drug-likeness (QED) is 0.787. The van der Waals surface area contributed by atoms with Gasteiger partial charge in [0.25, 0.3) is 0 Å². The fraction of sp³-hybridized carbons (Fsp3) is 0.333. The van der Waals surface area contributed by atoms with Gasteiger partial charge in [-0.1, -0.05) is 6.07 Å². The smallest absolute Gasteiger partial charge is 0.0475 e. The maximum absolute atomic E-state index is 9.41. The Morgan fingerprint density at radius 1 is 1.11 bits per heavy atom. The zero-order chi connectivity index (χ0) is 13.3. The predicted molar refractivity (Wildman–Crippen MR) is 74.5 cm³/mol. The third-order valence-electron chi connectivity index (χ3n) is 2.99. The lowest BCUT2D eigenvalue weighted by atomic mass is 10.0. The van der Waals surface area contributed by atoms with Crippen LogP contribution >= 0.6 is 0 Å². The van der Waals surface area contributed by atoms with Crippen molar-refractivity contribution in [2.75, 3.05) is 13.2 Å². The topological polar surface area (TPSA) is 58.0 Å². The fourth-order valence-corrected chi connectivity index (χ4v) is 1.94. The summed E-state index contributed by atoms with van der Waals surface area (Å²) in [5.74, 6) is 0.191. The van der Waals surface area contributed by atoms with E-state index in [1.165, 1.54) is 5.56 Å². The Balaban J connectivity index is 1.77. The minimum absolute atomic E-state index is 0.167. The van der Waals surface area contributed by atoms with Gasteiger partial charge < -0.3 is 10.4 Å². The molecule has 2 N–H and O–H groups in total. The first-order valence-corrected chi connectivity index (χ1v) is 6.49. The van der Waals surface area contributed by atoms with E-state index in [1.807, 2.05) is 30.3 Å². The SMILES string of the molecule is OCC(CNCc1ccncc1)Cc1ccccn1. The summed E-state index contributed by atoms with van der Waals surface area (Å²) in [6.07, 6.45) is 6.15. The molecule has 0 saturated heterocycles. The fourth-order valence-electron chi connectivity index (χ4n) is 1.94. The second kappa shape index (κ2) is 7.61. The van der Waals surface area contributed by atoms with Gasteiger partial charge in [-0.15, -0.1) is 0 Å². The summed E-state index contributed by atoms with van der Waals surface area (Å²) in [6.45, 7) is 1.73. The molecule has 100 valence electrons. The van der Waals surface area contributed by atoms with Crippen LogP contribution in [-0.4, -0.2) is 28.2 Å². The predicted octanol–water partition coefficient (Wildman–Crippen LogP) is 1.42. The summed E-state index contributed by atoms with van der Waals surface area (Å²) in [7, 11) is 0. The monoisotopic (exact) mass is 257 g/mol. The van der Waals surface area contributed by atoms with E-state index in [9.17, 15) is 5.11 Å². The minimum atomic E-state index is 0.167. The molecule has 4 heteroatoms. The molecule has 19 heavy (non-hydrogen) atoms. The lowest BCUT2D eigenvalue weighted by Crippen LogP contribution is -2.26. The highest BCUT2D eigenvalue weighted by Gasteiger charge is 2.08. The van der Waals surface area contributed by atoms with Crippen molar-refractivity contribution in [3.05, 3.63) is 60.2 Å². The van der Waals surface area contributed by atoms with Crippen LogP contribution in [0.2, 0.25) is 0 Å². The van der Waals surface area contributed by atoms with Crippen LogP contribution in [0.4, 0.5) is 0 Å². The van der Waals surface area contributed by atoms with Crippen LogP contribution < -0.4 is 5.32 Å². The van der Waals surface area contributed by atoms with E-state index in [0.29, 0.717) is 0 Å². The van der Waals surface area contributed by atoms with Crippen molar-refractivity contribution in [2.45, 2.75) is 13.0 Å². The van der Waals surface area contributed by atoms with Crippen molar-refractivity contribution in [2.24, 2.45) is 5.92 Å². The number of rotatable bonds is 7. The number of aliphatic hydroxyl groups excluding tert-OH is 1. The van der Waals surface area contributed by atoms with Gasteiger partial charge in [-0.05, 0) is 42.2 Å². The molecule has 0 spiro atoms. The zero-order valence-electron chi connectivity index (χ0n) is 10.9. The molecule has 2 aromatic rings. The largest absolute Gasteiger partial charge is 0.396 e. The van der Waals surface area contributed by atoms with Crippen LogP contribution in [0.1, 0.15) is 11.3 Å². The molecule has 0 aliphatic rings. The third kappa shape index (κ3) is 4.77. The first-order valence-electron chi connectivity index (χ1n) is 6.49. The van der Waals surface area contributed by atoms with E-state index >= 15 is 0 Å². The average molecular weight is 257 g/mol. The van der Waals surface area contributed by atoms with Gasteiger partial charge in [0.05, 0.1) is 0 Å². The maximum Gasteiger partial charge on any atom is 0.0475 e. The van der Waals surface area contributed by atoms with Crippen molar-refractivity contribution in [1.29, 1.82) is 0 Å². The Morgan fingerprint density at radius 3 is 2.63 bits per heavy atom. The van der Waals surface area contributed by atoms with Gasteiger partial charge in [0.2, 0.25) is 0 Å². The lowest BCUT2D eigenvalue weighted by Gasteiger charge is -2.14. The average Bonchev–Trinajstić information content (AvgIpc) is 2.48. The van der Waals surface area contributed by atoms with Crippen LogP contribution in [0.15, 0.2) is 48.9 Å². The molecule has 0 aliphatic heterocycles. The number of nitrogens with zero attached hydrogens (tertiary/aromatic N) is 2. The standard InChI is InChI=1S/C15H19N3O/c19-12-14(9-15-3-1-2-6-18-15)11-17-10-13-4-7-16-8-5-13/h1-8,14,17,19H,9-12H2. The Bertz CT molecular complexity index is 461. The van der Waals surface area contributed by atoms with Crippen LogP contribution in [-0.2, 0) is 13.0 Å². The number of aliphatic hydroxyl groups is 1. The van der Waals surface area contributed by atoms with Gasteiger partial charge in [-0.25, -0.2) is 0 Å². The molecule has 1 unspecified atom stereocenters. The van der Waals surface area contributed by atoms with Gasteiger partial charge in [0.15, 0.2) is 0 Å². The summed E-state index contributed by atoms with van der Waals surface area (Å²) >= 11 is 0. The molecule has 0 bridgehead atoms. The van der Waals surface area contributed by atoms with Crippen LogP contribution in [0.25, 0.3) is 0 Å². The highest BCUT2D eigenvalue weighted by atomic mass is 16.3. The van der Waals surface area contributed by atoms with Crippen molar-refractivity contribution < 1.29 is 5.11 Å². The van der Waals surface area contributed by atoms with Crippen molar-refractivity contribution in [3.8, 4) is 0 Å². The Kier molecular flexibility index (Phi) is 5.47. The highest BCUT2D eigenvalue weighted by Crippen LogP contribution is 2.05. The summed E-state index contributed by atoms with van der Waals surface area (Å²) in [5, 5.41) is 12.8. The lowest BCUT2D eigenvalue weighted by molar-refractivity contribution is 0.220. The Labute approximate surface area is 113 Å². The molecule has 0 saturated carbocycles. The molecule has 1 atom stereocenters. The summed E-state index contributed by atoms with van der Waals surface area (Å²) in [6, 6.07) is 9.84. The van der Waals surface area contributed by atoms with Crippen LogP contribution in [0, 0.1) is 5.92 Å². The Morgan fingerprint density at radius 2 is 1.95 bits per heavy atom. The van der Waals surface area contributed by atoms with Crippen molar-refractivity contribution in [1.82, 2.24) is 15.3 Å². The molecule has 2 aromatic heterocycles. The summed E-state index contributed by atoms with van der Waals surface area (Å²) < 4.78 is 0. The molecule has 4 nitrogen and oxygen atoms in total. The van der Waals surface area contributed by atoms with E-state index in [-0.39, 0.29) is 12.5 Å². The van der Waals surface area contributed by atoms with E-state index in [0.717, 1.165) is 25.2 Å². The minimum Gasteiger partial charge on any atom is -0.396 e. The highest BCUT2D eigenvalue weighted by molar-refractivity contribution is 5.09. The number of hydrogen-bond acceptors (Lipinski definition) is 4. The molecule has 2 rings (SSSR count). The van der Waals surface area contributed by atoms with E-state index in [2.05, 4.69) is 15.3 Å². The van der Waals surface area contributed by atoms with Gasteiger partial charge in [-0.3, -0.25) is 9.97 Å². The summed E-state index contributed by atoms with van der Waals surface area (Å²) in [5.41, 5.74) is 2.22. The first kappa shape index (κ1) is 13.6. The van der Waals surface area contributed by atoms with E-state index < -0.39 is 0 Å². The molecule has 2 heterocycles. The van der Waals surface area contributed by atoms with Gasteiger partial charge in [0.1, 0.15) is 0 Å². The number of aromatic nitrogens is 2. The van der Waals surface area contributed by atoms with E-state index in [1.54, 1.807) is 18.6 Å².